The lowest BCUT2D eigenvalue weighted by Gasteiger charge is -2.59. The molecule has 3 aromatic carbocycles. The predicted molar refractivity (Wildman–Crippen MR) is 169 cm³/mol. The summed E-state index contributed by atoms with van der Waals surface area (Å²) in [5.74, 6) is 1.25. The van der Waals surface area contributed by atoms with Gasteiger partial charge in [-0.1, -0.05) is 24.3 Å². The first-order valence-electron chi connectivity index (χ1n) is 15.5. The summed E-state index contributed by atoms with van der Waals surface area (Å²) in [5.41, 5.74) is 5.04. The van der Waals surface area contributed by atoms with E-state index in [9.17, 15) is 20.0 Å². The van der Waals surface area contributed by atoms with E-state index in [1.165, 1.54) is 14.0 Å². The lowest BCUT2D eigenvalue weighted by molar-refractivity contribution is -0.132. The molecule has 4 aliphatic heterocycles. The first kappa shape index (κ1) is 30.7. The minimum Gasteiger partial charge on any atom is -0.504 e. The number of nitriles is 1. The van der Waals surface area contributed by atoms with Gasteiger partial charge in [-0.05, 0) is 57.0 Å². The highest BCUT2D eigenvalue weighted by atomic mass is 16.7. The Bertz CT molecular complexity index is 1820. The number of aromatic hydroxyl groups is 1. The molecule has 1 fully saturated rings. The summed E-state index contributed by atoms with van der Waals surface area (Å²) < 4.78 is 29.3. The molecule has 0 radical (unpaired) electrons. The number of nitrogens with one attached hydrogen (secondary N) is 1. The first-order valence-corrected chi connectivity index (χ1v) is 15.5. The van der Waals surface area contributed by atoms with E-state index in [0.29, 0.717) is 58.2 Å². The lowest BCUT2D eigenvalue weighted by atomic mass is 9.71. The van der Waals surface area contributed by atoms with E-state index >= 15 is 0 Å². The molecular weight excluding hydrogens is 604 g/mol. The number of carbonyl (C=O) groups is 2. The molecule has 47 heavy (non-hydrogen) atoms. The number of aryl methyl sites for hydroxylation is 1. The second-order valence-electron chi connectivity index (χ2n) is 12.4. The van der Waals surface area contributed by atoms with Gasteiger partial charge >= 0.3 is 12.1 Å². The van der Waals surface area contributed by atoms with Gasteiger partial charge in [0, 0.05) is 46.9 Å². The molecule has 1 amide bonds. The highest BCUT2D eigenvalue weighted by molar-refractivity contribution is 5.84. The molecule has 0 spiro atoms. The quantitative estimate of drug-likeness (QED) is 0.296. The number of amides is 1. The average Bonchev–Trinajstić information content (AvgIpc) is 3.53. The standard InChI is InChI=1S/C35H36N4O8/c1-17-11-20-12-23-25(14-36)39-24(29(38(23)4)27(20)30(41)31(17)43-5)13-22-28(26(39)15-44-35(42)37-21-9-7-6-8-10-21)34-33(45-16-46-34)18(2)32(22)47-19(3)40/h6-11,23-26,29,41H,12-13,15-16H2,1-5H3,(H,37,42)/t23-,24?,25?,26-,29-/m0/s1. The molecule has 2 unspecified atom stereocenters. The summed E-state index contributed by atoms with van der Waals surface area (Å²) in [4.78, 5) is 29.8. The number of hydrogen-bond donors (Lipinski definition) is 2. The molecular formula is C35H36N4O8. The third-order valence-electron chi connectivity index (χ3n) is 9.90. The summed E-state index contributed by atoms with van der Waals surface area (Å²) in [6.07, 6.45) is 0.200. The van der Waals surface area contributed by atoms with E-state index in [2.05, 4.69) is 21.2 Å². The molecule has 4 aliphatic rings. The minimum atomic E-state index is -0.685. The Kier molecular flexibility index (Phi) is 7.61. The number of methoxy groups -OCH3 is 1. The zero-order valence-electron chi connectivity index (χ0n) is 26.8. The van der Waals surface area contributed by atoms with Crippen molar-refractivity contribution in [2.75, 3.05) is 32.9 Å². The molecule has 0 saturated carbocycles. The Labute approximate surface area is 272 Å². The van der Waals surface area contributed by atoms with E-state index in [-0.39, 0.29) is 31.2 Å². The summed E-state index contributed by atoms with van der Waals surface area (Å²) in [6, 6.07) is 11.2. The van der Waals surface area contributed by atoms with Crippen LogP contribution in [0.4, 0.5) is 10.5 Å². The van der Waals surface area contributed by atoms with E-state index in [1.807, 2.05) is 33.0 Å². The molecule has 0 aliphatic carbocycles. The van der Waals surface area contributed by atoms with Gasteiger partial charge in [0.05, 0.1) is 25.3 Å². The number of benzene rings is 3. The zero-order chi connectivity index (χ0) is 33.1. The van der Waals surface area contributed by atoms with Gasteiger partial charge in [0.2, 0.25) is 6.79 Å². The number of esters is 1. The monoisotopic (exact) mass is 640 g/mol. The number of piperazine rings is 1. The topological polar surface area (TPSA) is 143 Å². The molecule has 12 nitrogen and oxygen atoms in total. The molecule has 2 bridgehead atoms. The maximum absolute atomic E-state index is 13.1. The number of para-hydroxylation sites is 1. The van der Waals surface area contributed by atoms with Crippen molar-refractivity contribution in [3.8, 4) is 34.8 Å². The van der Waals surface area contributed by atoms with E-state index < -0.39 is 30.2 Å². The highest BCUT2D eigenvalue weighted by Crippen LogP contribution is 2.58. The fourth-order valence-corrected chi connectivity index (χ4v) is 8.10. The fourth-order valence-electron chi connectivity index (χ4n) is 8.10. The normalized spacial score (nSPS) is 23.9. The molecule has 7 rings (SSSR count). The number of phenolic OH excluding ortho intramolecular Hbond substituents is 1. The number of anilines is 1. The van der Waals surface area contributed by atoms with Crippen molar-refractivity contribution in [3.05, 3.63) is 69.8 Å². The van der Waals surface area contributed by atoms with Gasteiger partial charge in [-0.25, -0.2) is 4.79 Å². The Morgan fingerprint density at radius 3 is 2.53 bits per heavy atom. The minimum absolute atomic E-state index is 0.0340. The van der Waals surface area contributed by atoms with Crippen LogP contribution >= 0.6 is 0 Å². The molecule has 244 valence electrons. The van der Waals surface area contributed by atoms with Crippen LogP contribution in [0.2, 0.25) is 0 Å². The molecule has 2 N–H and O–H groups in total. The summed E-state index contributed by atoms with van der Waals surface area (Å²) in [6.45, 7) is 4.87. The molecule has 12 heteroatoms. The van der Waals surface area contributed by atoms with Gasteiger partial charge in [0.15, 0.2) is 23.0 Å². The van der Waals surface area contributed by atoms with Crippen molar-refractivity contribution in [1.82, 2.24) is 9.80 Å². The second kappa shape index (κ2) is 11.7. The summed E-state index contributed by atoms with van der Waals surface area (Å²) in [7, 11) is 3.50. The first-order chi connectivity index (χ1) is 22.6. The van der Waals surface area contributed by atoms with Crippen LogP contribution in [-0.2, 0) is 22.4 Å². The Hall–Kier alpha value is -4.99. The number of hydrogen-bond acceptors (Lipinski definition) is 11. The van der Waals surface area contributed by atoms with Gasteiger partial charge < -0.3 is 28.8 Å². The van der Waals surface area contributed by atoms with Crippen molar-refractivity contribution in [3.63, 3.8) is 0 Å². The summed E-state index contributed by atoms with van der Waals surface area (Å²) >= 11 is 0. The van der Waals surface area contributed by atoms with Gasteiger partial charge in [0.25, 0.3) is 0 Å². The number of likely N-dealkylation sites (N-methyl/N-ethyl adjacent to an activating group) is 1. The number of phenols is 1. The van der Waals surface area contributed by atoms with E-state index in [1.54, 1.807) is 24.3 Å². The second-order valence-corrected chi connectivity index (χ2v) is 12.4. The highest BCUT2D eigenvalue weighted by Gasteiger charge is 2.57. The molecule has 5 atom stereocenters. The maximum atomic E-state index is 13.1. The van der Waals surface area contributed by atoms with Crippen LogP contribution in [0.1, 0.15) is 52.4 Å². The smallest absolute Gasteiger partial charge is 0.411 e. The van der Waals surface area contributed by atoms with Gasteiger partial charge in [-0.15, -0.1) is 0 Å². The summed E-state index contributed by atoms with van der Waals surface area (Å²) in [5, 5.41) is 25.2. The van der Waals surface area contributed by atoms with E-state index in [4.69, 9.17) is 23.7 Å². The van der Waals surface area contributed by atoms with Gasteiger partial charge in [-0.3, -0.25) is 19.9 Å². The predicted octanol–water partition coefficient (Wildman–Crippen LogP) is 4.69. The van der Waals surface area contributed by atoms with Crippen LogP contribution in [0.5, 0.6) is 28.7 Å². The lowest BCUT2D eigenvalue weighted by Crippen LogP contribution is -2.68. The zero-order valence-corrected chi connectivity index (χ0v) is 26.8. The number of carbonyl (C=O) groups excluding carboxylic acids is 2. The number of rotatable bonds is 5. The SMILES string of the molecule is COc1c(C)cc2c(c1O)[C@@H]1C3Cc4c(OC(C)=O)c(C)c5c(c4[C@H](COC(=O)Nc4ccccc4)N3C(C#N)[C@H](C2)N1C)OCO5. The Morgan fingerprint density at radius 1 is 1.09 bits per heavy atom. The van der Waals surface area contributed by atoms with Crippen LogP contribution in [0.15, 0.2) is 36.4 Å². The maximum Gasteiger partial charge on any atom is 0.411 e. The van der Waals surface area contributed by atoms with Crippen molar-refractivity contribution in [2.24, 2.45) is 0 Å². The number of fused-ring (bicyclic) bond motifs is 9. The number of ether oxygens (including phenoxy) is 5. The Morgan fingerprint density at radius 2 is 1.83 bits per heavy atom. The third-order valence-corrected chi connectivity index (χ3v) is 9.90. The molecule has 1 saturated heterocycles. The number of nitrogens with zero attached hydrogens (tertiary/aromatic N) is 3. The van der Waals surface area contributed by atoms with Gasteiger partial charge in [-0.2, -0.15) is 5.26 Å². The average molecular weight is 641 g/mol. The van der Waals surface area contributed by atoms with Crippen LogP contribution in [0.25, 0.3) is 0 Å². The van der Waals surface area contributed by atoms with Crippen molar-refractivity contribution >= 4 is 17.7 Å². The van der Waals surface area contributed by atoms with Crippen LogP contribution in [-0.4, -0.2) is 72.7 Å². The largest absolute Gasteiger partial charge is 0.504 e. The third kappa shape index (κ3) is 4.80. The fraction of sp³-hybridized carbons (Fsp3) is 0.400. The van der Waals surface area contributed by atoms with Gasteiger partial charge in [0.1, 0.15) is 18.4 Å². The Balaban J connectivity index is 1.41. The van der Waals surface area contributed by atoms with Crippen LogP contribution < -0.4 is 24.3 Å². The van der Waals surface area contributed by atoms with Crippen LogP contribution in [0.3, 0.4) is 0 Å². The van der Waals surface area contributed by atoms with E-state index in [0.717, 1.165) is 16.7 Å². The van der Waals surface area contributed by atoms with Crippen LogP contribution in [0, 0.1) is 25.2 Å². The van der Waals surface area contributed by atoms with Crippen molar-refractivity contribution in [2.45, 2.75) is 63.8 Å². The van der Waals surface area contributed by atoms with Crippen molar-refractivity contribution < 1.29 is 38.4 Å². The molecule has 4 heterocycles. The molecule has 0 aromatic heterocycles. The van der Waals surface area contributed by atoms with Crippen molar-refractivity contribution in [1.29, 1.82) is 5.26 Å². The molecule has 3 aromatic rings.